The molecule has 5 rings (SSSR count). The zero-order valence-corrected chi connectivity index (χ0v) is 15.1. The Morgan fingerprint density at radius 3 is 2.57 bits per heavy atom. The summed E-state index contributed by atoms with van der Waals surface area (Å²) < 4.78 is 0. The Morgan fingerprint density at radius 2 is 1.68 bits per heavy atom. The van der Waals surface area contributed by atoms with Crippen LogP contribution in [-0.2, 0) is 6.42 Å². The predicted octanol–water partition coefficient (Wildman–Crippen LogP) is 4.97. The Hall–Kier alpha value is -3.79. The number of rotatable bonds is 3. The van der Waals surface area contributed by atoms with Crippen LogP contribution in [0.15, 0.2) is 85.5 Å². The number of aromatic nitrogens is 2. The summed E-state index contributed by atoms with van der Waals surface area (Å²) in [5.41, 5.74) is 7.95. The molecule has 0 saturated heterocycles. The highest BCUT2D eigenvalue weighted by Gasteiger charge is 2.23. The smallest absolute Gasteiger partial charge is 0.256 e. The third-order valence-electron chi connectivity index (χ3n) is 5.09. The van der Waals surface area contributed by atoms with Gasteiger partial charge in [-0.2, -0.15) is 0 Å². The fourth-order valence-electron chi connectivity index (χ4n) is 3.77. The molecular weight excluding hydrogens is 346 g/mol. The first-order valence-electron chi connectivity index (χ1n) is 9.16. The number of benzene rings is 2. The van der Waals surface area contributed by atoms with E-state index in [2.05, 4.69) is 33.5 Å². The number of nitrogens with zero attached hydrogens (tertiary/aromatic N) is 2. The van der Waals surface area contributed by atoms with Crippen molar-refractivity contribution in [3.05, 3.63) is 102 Å². The van der Waals surface area contributed by atoms with Crippen molar-refractivity contribution in [2.45, 2.75) is 6.42 Å². The molecule has 28 heavy (non-hydrogen) atoms. The van der Waals surface area contributed by atoms with E-state index in [1.165, 1.54) is 11.1 Å². The molecule has 0 aliphatic heterocycles. The number of hydrogen-bond acceptors (Lipinski definition) is 3. The second-order valence-electron chi connectivity index (χ2n) is 6.82. The van der Waals surface area contributed by atoms with Gasteiger partial charge in [-0.1, -0.05) is 42.5 Å². The largest absolute Gasteiger partial charge is 0.321 e. The van der Waals surface area contributed by atoms with Crippen LogP contribution in [-0.4, -0.2) is 15.9 Å². The van der Waals surface area contributed by atoms with Gasteiger partial charge in [0.2, 0.25) is 0 Å². The maximum Gasteiger partial charge on any atom is 0.256 e. The van der Waals surface area contributed by atoms with Crippen molar-refractivity contribution in [3.63, 3.8) is 0 Å². The molecule has 0 bridgehead atoms. The minimum Gasteiger partial charge on any atom is -0.321 e. The maximum atomic E-state index is 13.0. The van der Waals surface area contributed by atoms with Gasteiger partial charge in [-0.3, -0.25) is 14.8 Å². The van der Waals surface area contributed by atoms with Crippen molar-refractivity contribution < 1.29 is 4.79 Å². The van der Waals surface area contributed by atoms with Crippen molar-refractivity contribution in [2.75, 3.05) is 5.32 Å². The van der Waals surface area contributed by atoms with Gasteiger partial charge in [-0.25, -0.2) is 0 Å². The maximum absolute atomic E-state index is 13.0. The standard InChI is InChI=1S/C24H17N3O/c28-24(27-19-11-18(14-26-15-19)17-6-4-10-25-13-17)22-9-3-8-21-20-7-2-1-5-16(20)12-23(21)22/h1-11,13-15H,12H2,(H,27,28). The van der Waals surface area contributed by atoms with Crippen LogP contribution in [0.3, 0.4) is 0 Å². The SMILES string of the molecule is O=C(Nc1cncc(-c2cccnc2)c1)c1cccc2c1Cc1ccccc1-2. The molecule has 2 aromatic carbocycles. The van der Waals surface area contributed by atoms with Crippen molar-refractivity contribution in [2.24, 2.45) is 0 Å². The minimum absolute atomic E-state index is 0.116. The van der Waals surface area contributed by atoms with Gasteiger partial charge in [-0.15, -0.1) is 0 Å². The van der Waals surface area contributed by atoms with E-state index in [4.69, 9.17) is 0 Å². The Morgan fingerprint density at radius 1 is 0.821 bits per heavy atom. The fraction of sp³-hybridized carbons (Fsp3) is 0.0417. The third kappa shape index (κ3) is 2.85. The lowest BCUT2D eigenvalue weighted by Crippen LogP contribution is -2.14. The zero-order valence-electron chi connectivity index (χ0n) is 15.1. The van der Waals surface area contributed by atoms with Crippen LogP contribution in [0.5, 0.6) is 0 Å². The first-order valence-corrected chi connectivity index (χ1v) is 9.16. The summed E-state index contributed by atoms with van der Waals surface area (Å²) in [4.78, 5) is 21.4. The predicted molar refractivity (Wildman–Crippen MR) is 110 cm³/mol. The van der Waals surface area contributed by atoms with E-state index in [-0.39, 0.29) is 5.91 Å². The molecule has 0 atom stereocenters. The highest BCUT2D eigenvalue weighted by molar-refractivity contribution is 6.07. The normalized spacial score (nSPS) is 11.6. The van der Waals surface area contributed by atoms with Gasteiger partial charge in [0.05, 0.1) is 11.9 Å². The molecule has 1 aliphatic rings. The molecular formula is C24H17N3O. The molecule has 4 aromatic rings. The molecule has 1 amide bonds. The second kappa shape index (κ2) is 6.74. The Bertz CT molecular complexity index is 1190. The van der Waals surface area contributed by atoms with Crippen LogP contribution in [0.4, 0.5) is 5.69 Å². The van der Waals surface area contributed by atoms with Crippen LogP contribution in [0.2, 0.25) is 0 Å². The van der Waals surface area contributed by atoms with Crippen molar-refractivity contribution >= 4 is 11.6 Å². The van der Waals surface area contributed by atoms with Gasteiger partial charge in [0.25, 0.3) is 5.91 Å². The summed E-state index contributed by atoms with van der Waals surface area (Å²) in [6.07, 6.45) is 7.72. The number of anilines is 1. The molecule has 1 N–H and O–H groups in total. The monoisotopic (exact) mass is 363 g/mol. The lowest BCUT2D eigenvalue weighted by Gasteiger charge is -2.10. The average molecular weight is 363 g/mol. The van der Waals surface area contributed by atoms with E-state index in [1.807, 2.05) is 42.5 Å². The second-order valence-corrected chi connectivity index (χ2v) is 6.82. The van der Waals surface area contributed by atoms with Crippen LogP contribution >= 0.6 is 0 Å². The summed E-state index contributed by atoms with van der Waals surface area (Å²) in [7, 11) is 0. The van der Waals surface area contributed by atoms with Crippen LogP contribution in [0, 0.1) is 0 Å². The molecule has 4 nitrogen and oxygen atoms in total. The molecule has 0 unspecified atom stereocenters. The number of hydrogen-bond donors (Lipinski definition) is 1. The van der Waals surface area contributed by atoms with Crippen molar-refractivity contribution in [1.82, 2.24) is 9.97 Å². The van der Waals surface area contributed by atoms with Gasteiger partial charge in [0.15, 0.2) is 0 Å². The first kappa shape index (κ1) is 16.4. The Balaban J connectivity index is 1.45. The van der Waals surface area contributed by atoms with E-state index >= 15 is 0 Å². The van der Waals surface area contributed by atoms with Crippen molar-refractivity contribution in [1.29, 1.82) is 0 Å². The highest BCUT2D eigenvalue weighted by Crippen LogP contribution is 2.38. The number of fused-ring (bicyclic) bond motifs is 3. The summed E-state index contributed by atoms with van der Waals surface area (Å²) in [6.45, 7) is 0. The van der Waals surface area contributed by atoms with E-state index in [1.54, 1.807) is 24.8 Å². The van der Waals surface area contributed by atoms with Gasteiger partial charge >= 0.3 is 0 Å². The lowest BCUT2D eigenvalue weighted by atomic mass is 10.0. The van der Waals surface area contributed by atoms with Crippen LogP contribution in [0.25, 0.3) is 22.3 Å². The molecule has 1 aliphatic carbocycles. The minimum atomic E-state index is -0.116. The van der Waals surface area contributed by atoms with Gasteiger partial charge < -0.3 is 5.32 Å². The topological polar surface area (TPSA) is 54.9 Å². The van der Waals surface area contributed by atoms with E-state index < -0.39 is 0 Å². The van der Waals surface area contributed by atoms with E-state index in [9.17, 15) is 4.79 Å². The number of carbonyl (C=O) groups is 1. The highest BCUT2D eigenvalue weighted by atomic mass is 16.1. The summed E-state index contributed by atoms with van der Waals surface area (Å²) in [6, 6.07) is 20.0. The quantitative estimate of drug-likeness (QED) is 0.492. The number of nitrogens with one attached hydrogen (secondary N) is 1. The molecule has 134 valence electrons. The zero-order chi connectivity index (χ0) is 18.9. The summed E-state index contributed by atoms with van der Waals surface area (Å²) >= 11 is 0. The van der Waals surface area contributed by atoms with Gasteiger partial charge in [0, 0.05) is 35.3 Å². The van der Waals surface area contributed by atoms with E-state index in [0.29, 0.717) is 11.3 Å². The van der Waals surface area contributed by atoms with E-state index in [0.717, 1.165) is 28.7 Å². The molecule has 2 aromatic heterocycles. The van der Waals surface area contributed by atoms with Gasteiger partial charge in [-0.05, 0) is 46.9 Å². The molecule has 0 saturated carbocycles. The molecule has 0 radical (unpaired) electrons. The first-order chi connectivity index (χ1) is 13.8. The summed E-state index contributed by atoms with van der Waals surface area (Å²) in [5.74, 6) is -0.116. The van der Waals surface area contributed by atoms with Crippen molar-refractivity contribution in [3.8, 4) is 22.3 Å². The third-order valence-corrected chi connectivity index (χ3v) is 5.09. The number of amides is 1. The molecule has 0 spiro atoms. The fourth-order valence-corrected chi connectivity index (χ4v) is 3.77. The average Bonchev–Trinajstić information content (AvgIpc) is 3.13. The van der Waals surface area contributed by atoms with Crippen LogP contribution in [0.1, 0.15) is 21.5 Å². The van der Waals surface area contributed by atoms with Gasteiger partial charge in [0.1, 0.15) is 0 Å². The Labute approximate surface area is 162 Å². The molecule has 2 heterocycles. The van der Waals surface area contributed by atoms with Crippen LogP contribution < -0.4 is 5.32 Å². The number of pyridine rings is 2. The summed E-state index contributed by atoms with van der Waals surface area (Å²) in [5, 5.41) is 3.00. The lowest BCUT2D eigenvalue weighted by molar-refractivity contribution is 0.102. The Kier molecular flexibility index (Phi) is 3.95. The number of carbonyl (C=O) groups excluding carboxylic acids is 1. The molecule has 0 fully saturated rings. The molecule has 4 heteroatoms.